The molecule has 3 fully saturated rings. The molecule has 3 aliphatic rings. The highest BCUT2D eigenvalue weighted by atomic mass is 15.3. The Balaban J connectivity index is 1.64. The van der Waals surface area contributed by atoms with Crippen molar-refractivity contribution in [2.75, 3.05) is 13.1 Å². The highest BCUT2D eigenvalue weighted by molar-refractivity contribution is 4.96. The van der Waals surface area contributed by atoms with E-state index in [0.29, 0.717) is 0 Å². The summed E-state index contributed by atoms with van der Waals surface area (Å²) in [5, 5.41) is 3.83. The maximum absolute atomic E-state index is 3.83. The maximum atomic E-state index is 3.83. The van der Waals surface area contributed by atoms with Gasteiger partial charge >= 0.3 is 0 Å². The summed E-state index contributed by atoms with van der Waals surface area (Å²) in [6.45, 7) is 4.95. The lowest BCUT2D eigenvalue weighted by atomic mass is 9.97. The van der Waals surface area contributed by atoms with Crippen LogP contribution in [0.2, 0.25) is 0 Å². The summed E-state index contributed by atoms with van der Waals surface area (Å²) in [7, 11) is 0. The zero-order valence-corrected chi connectivity index (χ0v) is 12.0. The summed E-state index contributed by atoms with van der Waals surface area (Å²) in [4.78, 5) is 2.91. The standard InChI is InChI=1S/C16H30N2/c1-2-14-11-17-16(13-9-10-13)12-18(14)15-7-5-3-4-6-8-15/h13-17H,2-12H2,1H3. The fraction of sp³-hybridized carbons (Fsp3) is 1.00. The van der Waals surface area contributed by atoms with Gasteiger partial charge in [-0.3, -0.25) is 4.90 Å². The number of hydrogen-bond acceptors (Lipinski definition) is 2. The Morgan fingerprint density at radius 3 is 2.33 bits per heavy atom. The lowest BCUT2D eigenvalue weighted by Gasteiger charge is -2.44. The zero-order valence-electron chi connectivity index (χ0n) is 12.0. The van der Waals surface area contributed by atoms with E-state index in [-0.39, 0.29) is 0 Å². The van der Waals surface area contributed by atoms with Crippen molar-refractivity contribution in [1.82, 2.24) is 10.2 Å². The minimum absolute atomic E-state index is 0.808. The van der Waals surface area contributed by atoms with E-state index >= 15 is 0 Å². The fourth-order valence-corrected chi connectivity index (χ4v) is 4.08. The summed E-state index contributed by atoms with van der Waals surface area (Å²) in [5.41, 5.74) is 0. The predicted molar refractivity (Wildman–Crippen MR) is 76.8 cm³/mol. The molecule has 0 aromatic rings. The van der Waals surface area contributed by atoms with Gasteiger partial charge in [-0.1, -0.05) is 32.6 Å². The molecule has 2 heteroatoms. The smallest absolute Gasteiger partial charge is 0.0224 e. The van der Waals surface area contributed by atoms with E-state index in [1.54, 1.807) is 0 Å². The molecular formula is C16H30N2. The van der Waals surface area contributed by atoms with Crippen molar-refractivity contribution in [3.05, 3.63) is 0 Å². The Morgan fingerprint density at radius 2 is 1.72 bits per heavy atom. The molecule has 0 radical (unpaired) electrons. The van der Waals surface area contributed by atoms with Crippen molar-refractivity contribution in [1.29, 1.82) is 0 Å². The summed E-state index contributed by atoms with van der Waals surface area (Å²) < 4.78 is 0. The van der Waals surface area contributed by atoms with Crippen LogP contribution < -0.4 is 5.32 Å². The summed E-state index contributed by atoms with van der Waals surface area (Å²) in [6.07, 6.45) is 13.1. The predicted octanol–water partition coefficient (Wildman–Crippen LogP) is 3.17. The van der Waals surface area contributed by atoms with Crippen LogP contribution in [0.25, 0.3) is 0 Å². The topological polar surface area (TPSA) is 15.3 Å². The SMILES string of the molecule is CCC1CNC(C2CC2)CN1C1CCCCCC1. The van der Waals surface area contributed by atoms with Gasteiger partial charge < -0.3 is 5.32 Å². The highest BCUT2D eigenvalue weighted by Gasteiger charge is 2.38. The van der Waals surface area contributed by atoms with Crippen LogP contribution in [0, 0.1) is 5.92 Å². The number of nitrogens with one attached hydrogen (secondary N) is 1. The van der Waals surface area contributed by atoms with Gasteiger partial charge in [0.15, 0.2) is 0 Å². The van der Waals surface area contributed by atoms with E-state index < -0.39 is 0 Å². The Kier molecular flexibility index (Phi) is 4.25. The van der Waals surface area contributed by atoms with Crippen molar-refractivity contribution in [3.8, 4) is 0 Å². The van der Waals surface area contributed by atoms with Gasteiger partial charge in [-0.05, 0) is 38.0 Å². The van der Waals surface area contributed by atoms with Crippen LogP contribution in [0.1, 0.15) is 64.7 Å². The van der Waals surface area contributed by atoms with E-state index in [4.69, 9.17) is 0 Å². The van der Waals surface area contributed by atoms with E-state index in [1.165, 1.54) is 70.9 Å². The summed E-state index contributed by atoms with van der Waals surface area (Å²) in [5.74, 6) is 1.01. The zero-order chi connectivity index (χ0) is 12.4. The molecule has 2 nitrogen and oxygen atoms in total. The van der Waals surface area contributed by atoms with Crippen molar-refractivity contribution in [3.63, 3.8) is 0 Å². The van der Waals surface area contributed by atoms with Crippen molar-refractivity contribution >= 4 is 0 Å². The minimum Gasteiger partial charge on any atom is -0.311 e. The second kappa shape index (κ2) is 5.92. The molecule has 18 heavy (non-hydrogen) atoms. The molecule has 1 aliphatic heterocycles. The Bertz CT molecular complexity index is 254. The van der Waals surface area contributed by atoms with Gasteiger partial charge in [-0.25, -0.2) is 0 Å². The molecule has 0 aromatic carbocycles. The third kappa shape index (κ3) is 2.91. The molecule has 2 unspecified atom stereocenters. The average Bonchev–Trinajstić information content (AvgIpc) is 3.24. The van der Waals surface area contributed by atoms with Crippen LogP contribution >= 0.6 is 0 Å². The largest absolute Gasteiger partial charge is 0.311 e. The first-order chi connectivity index (χ1) is 8.88. The third-order valence-corrected chi connectivity index (χ3v) is 5.45. The van der Waals surface area contributed by atoms with Crippen LogP contribution in [0.4, 0.5) is 0 Å². The lowest BCUT2D eigenvalue weighted by Crippen LogP contribution is -2.59. The normalized spacial score (nSPS) is 36.5. The second-order valence-corrected chi connectivity index (χ2v) is 6.76. The van der Waals surface area contributed by atoms with Crippen LogP contribution in [-0.2, 0) is 0 Å². The van der Waals surface area contributed by atoms with Gasteiger partial charge in [0.25, 0.3) is 0 Å². The summed E-state index contributed by atoms with van der Waals surface area (Å²) in [6, 6.07) is 2.53. The summed E-state index contributed by atoms with van der Waals surface area (Å²) >= 11 is 0. The van der Waals surface area contributed by atoms with Crippen LogP contribution in [0.3, 0.4) is 0 Å². The van der Waals surface area contributed by atoms with E-state index in [2.05, 4.69) is 17.1 Å². The molecule has 0 bridgehead atoms. The van der Waals surface area contributed by atoms with Crippen molar-refractivity contribution in [2.24, 2.45) is 5.92 Å². The molecule has 0 aromatic heterocycles. The molecule has 0 spiro atoms. The second-order valence-electron chi connectivity index (χ2n) is 6.76. The first kappa shape index (κ1) is 12.9. The third-order valence-electron chi connectivity index (χ3n) is 5.45. The Morgan fingerprint density at radius 1 is 1.00 bits per heavy atom. The Hall–Kier alpha value is -0.0800. The first-order valence-electron chi connectivity index (χ1n) is 8.37. The number of nitrogens with zero attached hydrogens (tertiary/aromatic N) is 1. The monoisotopic (exact) mass is 250 g/mol. The molecule has 1 N–H and O–H groups in total. The van der Waals surface area contributed by atoms with Gasteiger partial charge in [0, 0.05) is 31.2 Å². The molecule has 0 amide bonds. The molecule has 2 atom stereocenters. The number of rotatable bonds is 3. The van der Waals surface area contributed by atoms with Crippen LogP contribution in [0.15, 0.2) is 0 Å². The van der Waals surface area contributed by atoms with Gasteiger partial charge in [0.1, 0.15) is 0 Å². The van der Waals surface area contributed by atoms with Gasteiger partial charge in [0.2, 0.25) is 0 Å². The molecule has 2 saturated carbocycles. The molecular weight excluding hydrogens is 220 g/mol. The minimum atomic E-state index is 0.808. The van der Waals surface area contributed by atoms with Crippen molar-refractivity contribution in [2.45, 2.75) is 82.8 Å². The van der Waals surface area contributed by atoms with Crippen LogP contribution in [-0.4, -0.2) is 36.1 Å². The maximum Gasteiger partial charge on any atom is 0.0224 e. The molecule has 2 aliphatic carbocycles. The fourth-order valence-electron chi connectivity index (χ4n) is 4.08. The quantitative estimate of drug-likeness (QED) is 0.774. The molecule has 104 valence electrons. The molecule has 3 rings (SSSR count). The van der Waals surface area contributed by atoms with E-state index in [0.717, 1.165) is 24.0 Å². The van der Waals surface area contributed by atoms with E-state index in [9.17, 15) is 0 Å². The highest BCUT2D eigenvalue weighted by Crippen LogP contribution is 2.36. The van der Waals surface area contributed by atoms with Gasteiger partial charge in [0.05, 0.1) is 0 Å². The van der Waals surface area contributed by atoms with Gasteiger partial charge in [-0.2, -0.15) is 0 Å². The van der Waals surface area contributed by atoms with E-state index in [1.807, 2.05) is 0 Å². The number of piperazine rings is 1. The average molecular weight is 250 g/mol. The van der Waals surface area contributed by atoms with Crippen molar-refractivity contribution < 1.29 is 0 Å². The lowest BCUT2D eigenvalue weighted by molar-refractivity contribution is 0.0655. The molecule has 1 saturated heterocycles. The molecule has 1 heterocycles. The number of hydrogen-bond donors (Lipinski definition) is 1. The van der Waals surface area contributed by atoms with Crippen LogP contribution in [0.5, 0.6) is 0 Å². The Labute approximate surface area is 113 Å². The van der Waals surface area contributed by atoms with Gasteiger partial charge in [-0.15, -0.1) is 0 Å². The first-order valence-corrected chi connectivity index (χ1v) is 8.37.